The second-order valence-corrected chi connectivity index (χ2v) is 2.87. The molecular weight excluding hydrogens is 178 g/mol. The van der Waals surface area contributed by atoms with Gasteiger partial charge in [0.15, 0.2) is 0 Å². The Morgan fingerprint density at radius 3 is 2.71 bits per heavy atom. The highest BCUT2D eigenvalue weighted by molar-refractivity contribution is 5.55. The molecule has 0 aliphatic heterocycles. The molecule has 1 aromatic rings. The summed E-state index contributed by atoms with van der Waals surface area (Å²) < 4.78 is 10.5. The summed E-state index contributed by atoms with van der Waals surface area (Å²) in [5.41, 5.74) is 1.03. The van der Waals surface area contributed by atoms with Crippen LogP contribution in [0.25, 0.3) is 0 Å². The Hall–Kier alpha value is -1.22. The maximum atomic E-state index is 5.54. The third-order valence-electron chi connectivity index (χ3n) is 1.80. The van der Waals surface area contributed by atoms with E-state index in [0.717, 1.165) is 18.0 Å². The fourth-order valence-electron chi connectivity index (χ4n) is 1.16. The number of hydrogen-bond donors (Lipinski definition) is 1. The van der Waals surface area contributed by atoms with Gasteiger partial charge in [-0.15, -0.1) is 0 Å². The Balaban J connectivity index is 2.55. The molecule has 1 N–H and O–H groups in total. The van der Waals surface area contributed by atoms with Crippen molar-refractivity contribution < 1.29 is 9.47 Å². The third-order valence-corrected chi connectivity index (χ3v) is 1.80. The summed E-state index contributed by atoms with van der Waals surface area (Å²) in [5, 5.41) is 3.24. The molecule has 0 unspecified atom stereocenters. The van der Waals surface area contributed by atoms with E-state index in [1.165, 1.54) is 0 Å². The quantitative estimate of drug-likeness (QED) is 0.705. The topological polar surface area (TPSA) is 30.5 Å². The number of para-hydroxylation sites is 2. The normalized spacial score (nSPS) is 9.86. The Morgan fingerprint density at radius 1 is 1.21 bits per heavy atom. The van der Waals surface area contributed by atoms with Gasteiger partial charge in [-0.25, -0.2) is 0 Å². The van der Waals surface area contributed by atoms with Crippen molar-refractivity contribution in [1.29, 1.82) is 0 Å². The summed E-state index contributed by atoms with van der Waals surface area (Å²) in [6.07, 6.45) is 0. The minimum atomic E-state index is 0.582. The molecule has 0 saturated heterocycles. The summed E-state index contributed by atoms with van der Waals surface area (Å²) in [7, 11) is 1.67. The van der Waals surface area contributed by atoms with Crippen LogP contribution in [0.5, 0.6) is 5.75 Å². The fraction of sp³-hybridized carbons (Fsp3) is 0.455. The highest BCUT2D eigenvalue weighted by Crippen LogP contribution is 2.23. The molecule has 3 nitrogen and oxygen atoms in total. The van der Waals surface area contributed by atoms with Gasteiger partial charge in [-0.3, -0.25) is 0 Å². The van der Waals surface area contributed by atoms with Crippen molar-refractivity contribution in [2.75, 3.05) is 32.2 Å². The fourth-order valence-corrected chi connectivity index (χ4v) is 1.16. The molecule has 0 bridgehead atoms. The average molecular weight is 195 g/mol. The molecule has 0 aromatic heterocycles. The number of nitrogens with one attached hydrogen (secondary N) is 1. The molecule has 0 spiro atoms. The minimum Gasteiger partial charge on any atom is -0.489 e. The molecule has 0 saturated carbocycles. The highest BCUT2D eigenvalue weighted by atomic mass is 16.5. The molecule has 1 aromatic carbocycles. The standard InChI is InChI=1S/C11H17NO2/c1-3-12-10-6-4-5-7-11(10)14-9-8-13-2/h4-7,12H,3,8-9H2,1-2H3. The second-order valence-electron chi connectivity index (χ2n) is 2.87. The molecule has 78 valence electrons. The zero-order valence-corrected chi connectivity index (χ0v) is 8.75. The monoisotopic (exact) mass is 195 g/mol. The van der Waals surface area contributed by atoms with Crippen molar-refractivity contribution in [3.05, 3.63) is 24.3 Å². The SMILES string of the molecule is CCNc1ccccc1OCCOC. The molecule has 0 heterocycles. The Kier molecular flexibility index (Phi) is 4.86. The van der Waals surface area contributed by atoms with Gasteiger partial charge in [-0.1, -0.05) is 12.1 Å². The van der Waals surface area contributed by atoms with E-state index in [4.69, 9.17) is 9.47 Å². The predicted octanol–water partition coefficient (Wildman–Crippen LogP) is 2.14. The second kappa shape index (κ2) is 6.27. The summed E-state index contributed by atoms with van der Waals surface area (Å²) >= 11 is 0. The number of anilines is 1. The van der Waals surface area contributed by atoms with E-state index in [1.54, 1.807) is 7.11 Å². The molecular formula is C11H17NO2. The summed E-state index contributed by atoms with van der Waals surface area (Å²) in [6.45, 7) is 4.15. The smallest absolute Gasteiger partial charge is 0.142 e. The van der Waals surface area contributed by atoms with Crippen LogP contribution in [0, 0.1) is 0 Å². The van der Waals surface area contributed by atoms with E-state index in [9.17, 15) is 0 Å². The number of benzene rings is 1. The van der Waals surface area contributed by atoms with E-state index >= 15 is 0 Å². The van der Waals surface area contributed by atoms with Crippen molar-refractivity contribution in [2.24, 2.45) is 0 Å². The van der Waals surface area contributed by atoms with Crippen LogP contribution >= 0.6 is 0 Å². The highest BCUT2D eigenvalue weighted by Gasteiger charge is 2.00. The van der Waals surface area contributed by atoms with E-state index in [-0.39, 0.29) is 0 Å². The zero-order valence-electron chi connectivity index (χ0n) is 8.75. The largest absolute Gasteiger partial charge is 0.489 e. The van der Waals surface area contributed by atoms with Crippen LogP contribution in [-0.4, -0.2) is 26.9 Å². The Morgan fingerprint density at radius 2 is 2.00 bits per heavy atom. The number of ether oxygens (including phenoxy) is 2. The molecule has 3 heteroatoms. The molecule has 1 rings (SSSR count). The van der Waals surface area contributed by atoms with Gasteiger partial charge >= 0.3 is 0 Å². The lowest BCUT2D eigenvalue weighted by atomic mass is 10.3. The first kappa shape index (κ1) is 10.9. The molecule has 0 atom stereocenters. The van der Waals surface area contributed by atoms with Crippen LogP contribution in [0.3, 0.4) is 0 Å². The lowest BCUT2D eigenvalue weighted by Gasteiger charge is -2.11. The number of methoxy groups -OCH3 is 1. The van der Waals surface area contributed by atoms with Crippen LogP contribution in [-0.2, 0) is 4.74 Å². The minimum absolute atomic E-state index is 0.582. The third kappa shape index (κ3) is 3.26. The molecule has 0 fully saturated rings. The number of hydrogen-bond acceptors (Lipinski definition) is 3. The van der Waals surface area contributed by atoms with Crippen LogP contribution in [0.2, 0.25) is 0 Å². The molecule has 0 aliphatic rings. The van der Waals surface area contributed by atoms with Gasteiger partial charge in [-0.2, -0.15) is 0 Å². The predicted molar refractivity (Wildman–Crippen MR) is 58.0 cm³/mol. The number of rotatable bonds is 6. The Bertz CT molecular complexity index is 263. The van der Waals surface area contributed by atoms with Crippen molar-refractivity contribution in [3.8, 4) is 5.75 Å². The van der Waals surface area contributed by atoms with Crippen LogP contribution in [0.1, 0.15) is 6.92 Å². The first-order valence-corrected chi connectivity index (χ1v) is 4.83. The van der Waals surface area contributed by atoms with E-state index in [2.05, 4.69) is 12.2 Å². The van der Waals surface area contributed by atoms with Crippen LogP contribution in [0.4, 0.5) is 5.69 Å². The van der Waals surface area contributed by atoms with Gasteiger partial charge in [0.25, 0.3) is 0 Å². The first-order chi connectivity index (χ1) is 6.88. The molecule has 0 aliphatic carbocycles. The van der Waals surface area contributed by atoms with Crippen molar-refractivity contribution in [1.82, 2.24) is 0 Å². The van der Waals surface area contributed by atoms with Gasteiger partial charge in [0.2, 0.25) is 0 Å². The van der Waals surface area contributed by atoms with Gasteiger partial charge < -0.3 is 14.8 Å². The van der Waals surface area contributed by atoms with Gasteiger partial charge in [0.1, 0.15) is 12.4 Å². The maximum Gasteiger partial charge on any atom is 0.142 e. The average Bonchev–Trinajstić information content (AvgIpc) is 2.21. The Labute approximate surface area is 85.0 Å². The lowest BCUT2D eigenvalue weighted by Crippen LogP contribution is -2.06. The van der Waals surface area contributed by atoms with Crippen LogP contribution < -0.4 is 10.1 Å². The van der Waals surface area contributed by atoms with Crippen molar-refractivity contribution in [3.63, 3.8) is 0 Å². The van der Waals surface area contributed by atoms with Gasteiger partial charge in [-0.05, 0) is 19.1 Å². The first-order valence-electron chi connectivity index (χ1n) is 4.83. The maximum absolute atomic E-state index is 5.54. The molecule has 0 radical (unpaired) electrons. The molecule has 0 amide bonds. The van der Waals surface area contributed by atoms with Gasteiger partial charge in [0, 0.05) is 13.7 Å². The summed E-state index contributed by atoms with van der Waals surface area (Å²) in [5.74, 6) is 0.881. The zero-order chi connectivity index (χ0) is 10.2. The van der Waals surface area contributed by atoms with Gasteiger partial charge in [0.05, 0.1) is 12.3 Å². The lowest BCUT2D eigenvalue weighted by molar-refractivity contribution is 0.146. The molecule has 14 heavy (non-hydrogen) atoms. The van der Waals surface area contributed by atoms with Crippen molar-refractivity contribution >= 4 is 5.69 Å². The summed E-state index contributed by atoms with van der Waals surface area (Å²) in [6, 6.07) is 7.91. The van der Waals surface area contributed by atoms with E-state index < -0.39 is 0 Å². The van der Waals surface area contributed by atoms with E-state index in [1.807, 2.05) is 24.3 Å². The summed E-state index contributed by atoms with van der Waals surface area (Å²) in [4.78, 5) is 0. The van der Waals surface area contributed by atoms with E-state index in [0.29, 0.717) is 13.2 Å². The van der Waals surface area contributed by atoms with Crippen LogP contribution in [0.15, 0.2) is 24.3 Å². The van der Waals surface area contributed by atoms with Crippen molar-refractivity contribution in [2.45, 2.75) is 6.92 Å².